The Hall–Kier alpha value is -2.68. The molecule has 0 aliphatic heterocycles. The number of hydrogen-bond donors (Lipinski definition) is 2. The lowest BCUT2D eigenvalue weighted by atomic mass is 10.1. The molecule has 0 bridgehead atoms. The number of halogens is 2. The largest absolute Gasteiger partial charge is 0.478 e. The Labute approximate surface area is 136 Å². The Balaban J connectivity index is 2.40. The fraction of sp³-hybridized carbons (Fsp3) is 0.133. The Kier molecular flexibility index (Phi) is 5.03. The van der Waals surface area contributed by atoms with Gasteiger partial charge in [0.15, 0.2) is 0 Å². The number of aromatic carboxylic acids is 1. The minimum absolute atomic E-state index is 0.171. The monoisotopic (exact) mass is 357 g/mol. The van der Waals surface area contributed by atoms with E-state index in [1.54, 1.807) is 0 Å². The number of rotatable bonds is 6. The summed E-state index contributed by atoms with van der Waals surface area (Å²) >= 11 is 0. The molecule has 0 radical (unpaired) electrons. The van der Waals surface area contributed by atoms with Crippen molar-refractivity contribution in [3.63, 3.8) is 0 Å². The number of alkyl halides is 2. The predicted molar refractivity (Wildman–Crippen MR) is 82.0 cm³/mol. The zero-order valence-electron chi connectivity index (χ0n) is 12.4. The molecule has 2 aromatic carbocycles. The van der Waals surface area contributed by atoms with E-state index >= 15 is 0 Å². The summed E-state index contributed by atoms with van der Waals surface area (Å²) in [6, 6.07) is 8.85. The number of hydrogen-bond acceptors (Lipinski definition) is 4. The number of anilines is 1. The SMILES string of the molecule is Cc1ccc(S(=O)(=O)Nc2ccccc2OC(F)F)cc1C(=O)O. The lowest BCUT2D eigenvalue weighted by molar-refractivity contribution is -0.0493. The first-order valence-electron chi connectivity index (χ1n) is 6.61. The number of aryl methyl sites for hydroxylation is 1. The predicted octanol–water partition coefficient (Wildman–Crippen LogP) is 3.10. The van der Waals surface area contributed by atoms with E-state index in [2.05, 4.69) is 9.46 Å². The van der Waals surface area contributed by atoms with E-state index in [1.807, 2.05) is 0 Å². The van der Waals surface area contributed by atoms with Crippen LogP contribution >= 0.6 is 0 Å². The highest BCUT2D eigenvalue weighted by molar-refractivity contribution is 7.92. The van der Waals surface area contributed by atoms with Gasteiger partial charge in [-0.1, -0.05) is 18.2 Å². The first-order valence-corrected chi connectivity index (χ1v) is 8.09. The van der Waals surface area contributed by atoms with Crippen molar-refractivity contribution in [2.75, 3.05) is 4.72 Å². The fourth-order valence-electron chi connectivity index (χ4n) is 1.95. The molecule has 0 aliphatic carbocycles. The maximum atomic E-state index is 12.4. The molecule has 2 rings (SSSR count). The zero-order valence-corrected chi connectivity index (χ0v) is 13.2. The van der Waals surface area contributed by atoms with Crippen LogP contribution in [0.5, 0.6) is 5.75 Å². The van der Waals surface area contributed by atoms with E-state index in [0.29, 0.717) is 5.56 Å². The van der Waals surface area contributed by atoms with Gasteiger partial charge >= 0.3 is 12.6 Å². The van der Waals surface area contributed by atoms with E-state index in [0.717, 1.165) is 6.07 Å². The highest BCUT2D eigenvalue weighted by Crippen LogP contribution is 2.28. The third kappa shape index (κ3) is 3.99. The minimum Gasteiger partial charge on any atom is -0.478 e. The summed E-state index contributed by atoms with van der Waals surface area (Å²) in [4.78, 5) is 10.8. The molecular weight excluding hydrogens is 344 g/mol. The van der Waals surface area contributed by atoms with Gasteiger partial charge in [-0.2, -0.15) is 8.78 Å². The fourth-order valence-corrected chi connectivity index (χ4v) is 3.05. The van der Waals surface area contributed by atoms with Crippen molar-refractivity contribution in [3.05, 3.63) is 53.6 Å². The summed E-state index contributed by atoms with van der Waals surface area (Å²) < 4.78 is 55.9. The van der Waals surface area contributed by atoms with Crippen molar-refractivity contribution in [2.45, 2.75) is 18.4 Å². The van der Waals surface area contributed by atoms with E-state index in [1.165, 1.54) is 43.3 Å². The van der Waals surface area contributed by atoms with Gasteiger partial charge in [0.2, 0.25) is 0 Å². The second-order valence-corrected chi connectivity index (χ2v) is 6.44. The minimum atomic E-state index is -4.18. The van der Waals surface area contributed by atoms with Crippen LogP contribution in [0.25, 0.3) is 0 Å². The summed E-state index contributed by atoms with van der Waals surface area (Å²) in [6.07, 6.45) is 0. The van der Waals surface area contributed by atoms with Crippen LogP contribution in [0.1, 0.15) is 15.9 Å². The topological polar surface area (TPSA) is 92.7 Å². The number of nitrogens with one attached hydrogen (secondary N) is 1. The van der Waals surface area contributed by atoms with Crippen LogP contribution in [-0.4, -0.2) is 26.1 Å². The van der Waals surface area contributed by atoms with Gasteiger partial charge in [-0.3, -0.25) is 4.72 Å². The van der Waals surface area contributed by atoms with E-state index < -0.39 is 22.6 Å². The summed E-state index contributed by atoms with van der Waals surface area (Å²) in [7, 11) is -4.18. The molecule has 0 saturated heterocycles. The van der Waals surface area contributed by atoms with Crippen molar-refractivity contribution in [1.82, 2.24) is 0 Å². The lowest BCUT2D eigenvalue weighted by Crippen LogP contribution is -2.15. The molecule has 2 aromatic rings. The van der Waals surface area contributed by atoms with Crippen LogP contribution in [0.4, 0.5) is 14.5 Å². The number of para-hydroxylation sites is 2. The van der Waals surface area contributed by atoms with Crippen molar-refractivity contribution in [3.8, 4) is 5.75 Å². The van der Waals surface area contributed by atoms with Crippen molar-refractivity contribution in [2.24, 2.45) is 0 Å². The van der Waals surface area contributed by atoms with Crippen LogP contribution in [0.15, 0.2) is 47.4 Å². The van der Waals surface area contributed by atoms with Crippen molar-refractivity contribution < 1.29 is 31.8 Å². The molecule has 24 heavy (non-hydrogen) atoms. The number of ether oxygens (including phenoxy) is 1. The van der Waals surface area contributed by atoms with Gasteiger partial charge in [0, 0.05) is 0 Å². The van der Waals surface area contributed by atoms with Gasteiger partial charge in [0.05, 0.1) is 16.1 Å². The lowest BCUT2D eigenvalue weighted by Gasteiger charge is -2.13. The second kappa shape index (κ2) is 6.83. The number of carboxylic acid groups (broad SMARTS) is 1. The first-order chi connectivity index (χ1) is 11.2. The normalized spacial score (nSPS) is 11.3. The van der Waals surface area contributed by atoms with E-state index in [4.69, 9.17) is 5.11 Å². The standard InChI is InChI=1S/C15H13F2NO5S/c1-9-6-7-10(8-11(9)14(19)20)24(21,22)18-12-4-2-3-5-13(12)23-15(16)17/h2-8,15,18H,1H3,(H,19,20). The Morgan fingerprint density at radius 3 is 2.50 bits per heavy atom. The van der Waals surface area contributed by atoms with Gasteiger partial charge in [-0.05, 0) is 36.8 Å². The average molecular weight is 357 g/mol. The molecule has 2 N–H and O–H groups in total. The maximum Gasteiger partial charge on any atom is 0.387 e. The molecule has 0 atom stereocenters. The molecule has 128 valence electrons. The molecule has 0 amide bonds. The molecule has 0 unspecified atom stereocenters. The molecule has 0 spiro atoms. The highest BCUT2D eigenvalue weighted by atomic mass is 32.2. The van der Waals surface area contributed by atoms with Gasteiger partial charge in [0.25, 0.3) is 10.0 Å². The number of sulfonamides is 1. The van der Waals surface area contributed by atoms with Crippen molar-refractivity contribution in [1.29, 1.82) is 0 Å². The molecule has 0 aliphatic rings. The average Bonchev–Trinajstić information content (AvgIpc) is 2.48. The molecular formula is C15H13F2NO5S. The maximum absolute atomic E-state index is 12.4. The third-order valence-electron chi connectivity index (χ3n) is 3.10. The second-order valence-electron chi connectivity index (χ2n) is 4.76. The van der Waals surface area contributed by atoms with Gasteiger partial charge < -0.3 is 9.84 Å². The van der Waals surface area contributed by atoms with E-state index in [-0.39, 0.29) is 21.9 Å². The smallest absolute Gasteiger partial charge is 0.387 e. The Morgan fingerprint density at radius 1 is 1.21 bits per heavy atom. The van der Waals surface area contributed by atoms with Gasteiger partial charge in [0.1, 0.15) is 5.75 Å². The third-order valence-corrected chi connectivity index (χ3v) is 4.46. The molecule has 0 aromatic heterocycles. The van der Waals surface area contributed by atoms with Crippen LogP contribution in [-0.2, 0) is 10.0 Å². The van der Waals surface area contributed by atoms with Crippen LogP contribution in [0.3, 0.4) is 0 Å². The Bertz CT molecular complexity index is 868. The van der Waals surface area contributed by atoms with Crippen LogP contribution in [0.2, 0.25) is 0 Å². The quantitative estimate of drug-likeness (QED) is 0.829. The number of carboxylic acids is 1. The molecule has 9 heteroatoms. The summed E-state index contributed by atoms with van der Waals surface area (Å²) in [5, 5.41) is 9.07. The van der Waals surface area contributed by atoms with Crippen LogP contribution < -0.4 is 9.46 Å². The van der Waals surface area contributed by atoms with Crippen molar-refractivity contribution >= 4 is 21.7 Å². The molecule has 6 nitrogen and oxygen atoms in total. The molecule has 0 fully saturated rings. The summed E-state index contributed by atoms with van der Waals surface area (Å²) in [5.74, 6) is -1.62. The van der Waals surface area contributed by atoms with Gasteiger partial charge in [-0.15, -0.1) is 0 Å². The number of carbonyl (C=O) groups is 1. The van der Waals surface area contributed by atoms with Crippen LogP contribution in [0, 0.1) is 6.92 Å². The highest BCUT2D eigenvalue weighted by Gasteiger charge is 2.20. The summed E-state index contributed by atoms with van der Waals surface area (Å²) in [6.45, 7) is -1.59. The molecule has 0 saturated carbocycles. The molecule has 0 heterocycles. The summed E-state index contributed by atoms with van der Waals surface area (Å²) in [5.41, 5.74) is 0.0353. The van der Waals surface area contributed by atoms with E-state index in [9.17, 15) is 22.0 Å². The van der Waals surface area contributed by atoms with Gasteiger partial charge in [-0.25, -0.2) is 13.2 Å². The first kappa shape index (κ1) is 17.7. The zero-order chi connectivity index (χ0) is 17.9. The number of benzene rings is 2. The Morgan fingerprint density at radius 2 is 1.88 bits per heavy atom.